The van der Waals surface area contributed by atoms with Crippen molar-refractivity contribution in [3.63, 3.8) is 0 Å². The van der Waals surface area contributed by atoms with Crippen LogP contribution in [0.5, 0.6) is 5.75 Å². The van der Waals surface area contributed by atoms with Crippen molar-refractivity contribution in [2.75, 3.05) is 7.11 Å². The summed E-state index contributed by atoms with van der Waals surface area (Å²) in [5, 5.41) is 0. The van der Waals surface area contributed by atoms with E-state index < -0.39 is 8.07 Å². The lowest BCUT2D eigenvalue weighted by atomic mass is 10.1. The normalized spacial score (nSPS) is 11.2. The maximum atomic E-state index is 5.21. The number of hydrogen-bond acceptors (Lipinski definition) is 1. The Morgan fingerprint density at radius 1 is 1.33 bits per heavy atom. The first kappa shape index (κ1) is 12.0. The zero-order chi connectivity index (χ0) is 11.5. The van der Waals surface area contributed by atoms with Crippen LogP contribution in [-0.4, -0.2) is 15.2 Å². The second kappa shape index (κ2) is 4.66. The Balaban J connectivity index is 2.82. The van der Waals surface area contributed by atoms with Gasteiger partial charge in [0.1, 0.15) is 5.75 Å². The Morgan fingerprint density at radius 3 is 2.53 bits per heavy atom. The molecule has 1 rings (SSSR count). The van der Waals surface area contributed by atoms with Crippen molar-refractivity contribution < 1.29 is 4.74 Å². The molecule has 1 aromatic carbocycles. The molecule has 1 nitrogen and oxygen atoms in total. The van der Waals surface area contributed by atoms with Gasteiger partial charge >= 0.3 is 0 Å². The van der Waals surface area contributed by atoms with Crippen molar-refractivity contribution in [1.29, 1.82) is 0 Å². The van der Waals surface area contributed by atoms with Gasteiger partial charge in [0.2, 0.25) is 0 Å². The smallest absolute Gasteiger partial charge is 0.119 e. The summed E-state index contributed by atoms with van der Waals surface area (Å²) >= 11 is 0. The highest BCUT2D eigenvalue weighted by Crippen LogP contribution is 2.26. The van der Waals surface area contributed by atoms with Crippen LogP contribution in [0.2, 0.25) is 25.7 Å². The Bertz CT molecular complexity index is 350. The van der Waals surface area contributed by atoms with Crippen LogP contribution >= 0.6 is 0 Å². The molecule has 0 aliphatic heterocycles. The van der Waals surface area contributed by atoms with Crippen LogP contribution in [0.15, 0.2) is 30.8 Å². The Hall–Kier alpha value is -1.02. The van der Waals surface area contributed by atoms with E-state index in [1.165, 1.54) is 11.1 Å². The van der Waals surface area contributed by atoms with Crippen LogP contribution < -0.4 is 4.74 Å². The fraction of sp³-hybridized carbons (Fsp3) is 0.385. The number of methoxy groups -OCH3 is 1. The maximum Gasteiger partial charge on any atom is 0.119 e. The van der Waals surface area contributed by atoms with Crippen LogP contribution in [0, 0.1) is 0 Å². The molecule has 15 heavy (non-hydrogen) atoms. The van der Waals surface area contributed by atoms with Gasteiger partial charge in [0, 0.05) is 8.07 Å². The van der Waals surface area contributed by atoms with Crippen molar-refractivity contribution in [3.05, 3.63) is 36.4 Å². The second-order valence-electron chi connectivity index (χ2n) is 5.07. The lowest BCUT2D eigenvalue weighted by Gasteiger charge is -2.18. The highest BCUT2D eigenvalue weighted by Gasteiger charge is 2.15. The van der Waals surface area contributed by atoms with E-state index in [1.54, 1.807) is 7.11 Å². The fourth-order valence-corrected chi connectivity index (χ4v) is 3.07. The Morgan fingerprint density at radius 2 is 2.00 bits per heavy atom. The first-order chi connectivity index (χ1) is 6.92. The van der Waals surface area contributed by atoms with Crippen LogP contribution in [0.3, 0.4) is 0 Å². The van der Waals surface area contributed by atoms with Crippen molar-refractivity contribution in [3.8, 4) is 5.75 Å². The molecule has 0 heterocycles. The average molecular weight is 220 g/mol. The molecule has 0 radical (unpaired) electrons. The molecule has 0 aliphatic rings. The first-order valence-electron chi connectivity index (χ1n) is 5.24. The topological polar surface area (TPSA) is 9.23 Å². The van der Waals surface area contributed by atoms with E-state index in [9.17, 15) is 0 Å². The largest absolute Gasteiger partial charge is 0.497 e. The van der Waals surface area contributed by atoms with Gasteiger partial charge in [0.15, 0.2) is 0 Å². The summed E-state index contributed by atoms with van der Waals surface area (Å²) in [6.07, 6.45) is 0. The first-order valence-corrected chi connectivity index (χ1v) is 8.95. The van der Waals surface area contributed by atoms with Crippen LogP contribution in [-0.2, 0) is 0 Å². The second-order valence-corrected chi connectivity index (χ2v) is 10.5. The van der Waals surface area contributed by atoms with Crippen LogP contribution in [0.4, 0.5) is 0 Å². The molecule has 0 spiro atoms. The number of rotatable bonds is 4. The molecule has 0 aromatic heterocycles. The lowest BCUT2D eigenvalue weighted by molar-refractivity contribution is 0.414. The third-order valence-electron chi connectivity index (χ3n) is 2.22. The predicted molar refractivity (Wildman–Crippen MR) is 70.2 cm³/mol. The molecule has 2 heteroatoms. The third-order valence-corrected chi connectivity index (χ3v) is 3.71. The number of hydrogen-bond donors (Lipinski definition) is 0. The third kappa shape index (κ3) is 3.92. The van der Waals surface area contributed by atoms with Gasteiger partial charge in [-0.25, -0.2) is 0 Å². The highest BCUT2D eigenvalue weighted by molar-refractivity contribution is 6.77. The number of ether oxygens (including phenoxy) is 1. The van der Waals surface area contributed by atoms with E-state index in [-0.39, 0.29) is 0 Å². The summed E-state index contributed by atoms with van der Waals surface area (Å²) in [6.45, 7) is 11.2. The minimum absolute atomic E-state index is 0.907. The molecule has 0 fully saturated rings. The lowest BCUT2D eigenvalue weighted by Crippen LogP contribution is -2.19. The monoisotopic (exact) mass is 220 g/mol. The zero-order valence-electron chi connectivity index (χ0n) is 10.1. The minimum Gasteiger partial charge on any atom is -0.497 e. The van der Waals surface area contributed by atoms with Gasteiger partial charge in [0.25, 0.3) is 0 Å². The average Bonchev–Trinajstić information content (AvgIpc) is 2.15. The maximum absolute atomic E-state index is 5.21. The molecule has 0 saturated heterocycles. The van der Waals surface area contributed by atoms with Gasteiger partial charge in [-0.2, -0.15) is 0 Å². The summed E-state index contributed by atoms with van der Waals surface area (Å²) in [5.41, 5.74) is 2.44. The van der Waals surface area contributed by atoms with E-state index in [1.807, 2.05) is 12.1 Å². The minimum atomic E-state index is -1.07. The Labute approximate surface area is 93.8 Å². The van der Waals surface area contributed by atoms with Gasteiger partial charge in [-0.15, -0.1) is 0 Å². The predicted octanol–water partition coefficient (Wildman–Crippen LogP) is 4.05. The van der Waals surface area contributed by atoms with Gasteiger partial charge < -0.3 is 4.74 Å². The zero-order valence-corrected chi connectivity index (χ0v) is 11.1. The van der Waals surface area contributed by atoms with Crippen molar-refractivity contribution in [2.45, 2.75) is 25.7 Å². The molecular weight excluding hydrogens is 200 g/mol. The van der Waals surface area contributed by atoms with Crippen LogP contribution in [0.25, 0.3) is 5.57 Å². The molecule has 0 saturated carbocycles. The van der Waals surface area contributed by atoms with E-state index in [2.05, 4.69) is 38.4 Å². The molecule has 0 unspecified atom stereocenters. The standard InChI is InChI=1S/C13H20OSi/c1-11(10-15(3,4)5)12-7-6-8-13(9-12)14-2/h6-9H,1,10H2,2-5H3. The number of allylic oxidation sites excluding steroid dienone is 1. The molecule has 0 N–H and O–H groups in total. The Kier molecular flexibility index (Phi) is 3.75. The van der Waals surface area contributed by atoms with Crippen molar-refractivity contribution in [1.82, 2.24) is 0 Å². The van der Waals surface area contributed by atoms with Gasteiger partial charge in [0.05, 0.1) is 7.11 Å². The van der Waals surface area contributed by atoms with E-state index in [4.69, 9.17) is 4.74 Å². The summed E-state index contributed by atoms with van der Waals surface area (Å²) in [4.78, 5) is 0. The summed E-state index contributed by atoms with van der Waals surface area (Å²) < 4.78 is 5.21. The van der Waals surface area contributed by atoms with Crippen molar-refractivity contribution >= 4 is 13.6 Å². The fourth-order valence-electron chi connectivity index (χ4n) is 1.59. The van der Waals surface area contributed by atoms with Gasteiger partial charge in [-0.3, -0.25) is 0 Å². The van der Waals surface area contributed by atoms with Crippen LogP contribution in [0.1, 0.15) is 5.56 Å². The van der Waals surface area contributed by atoms with E-state index in [0.717, 1.165) is 11.8 Å². The number of benzene rings is 1. The molecule has 0 aliphatic carbocycles. The summed E-state index contributed by atoms with van der Waals surface area (Å²) in [7, 11) is 0.624. The summed E-state index contributed by atoms with van der Waals surface area (Å²) in [6, 6.07) is 9.28. The van der Waals surface area contributed by atoms with E-state index in [0.29, 0.717) is 0 Å². The highest BCUT2D eigenvalue weighted by atomic mass is 28.3. The van der Waals surface area contributed by atoms with Crippen molar-refractivity contribution in [2.24, 2.45) is 0 Å². The molecule has 0 bridgehead atoms. The quantitative estimate of drug-likeness (QED) is 0.696. The molecule has 1 aromatic rings. The molecule has 0 amide bonds. The molecule has 82 valence electrons. The van der Waals surface area contributed by atoms with Gasteiger partial charge in [-0.05, 0) is 23.7 Å². The molecular formula is C13H20OSi. The van der Waals surface area contributed by atoms with Gasteiger partial charge in [-0.1, -0.05) is 43.9 Å². The SMILES string of the molecule is C=C(C[Si](C)(C)C)c1cccc(OC)c1. The van der Waals surface area contributed by atoms with E-state index >= 15 is 0 Å². The molecule has 0 atom stereocenters. The summed E-state index contributed by atoms with van der Waals surface area (Å²) in [5.74, 6) is 0.907.